The fraction of sp³-hybridized carbons (Fsp3) is 0.867. The maximum Gasteiger partial charge on any atom is 0.328 e. The lowest BCUT2D eigenvalue weighted by Gasteiger charge is -2.18. The van der Waals surface area contributed by atoms with E-state index in [1.54, 1.807) is 0 Å². The van der Waals surface area contributed by atoms with E-state index in [-0.39, 0.29) is 30.9 Å². The number of nitrogens with one attached hydrogen (secondary N) is 2. The van der Waals surface area contributed by atoms with Crippen LogP contribution in [0, 0.1) is 0 Å². The van der Waals surface area contributed by atoms with Crippen LogP contribution in [0.3, 0.4) is 0 Å². The van der Waals surface area contributed by atoms with E-state index in [2.05, 4.69) is 24.5 Å². The van der Waals surface area contributed by atoms with E-state index in [4.69, 9.17) is 14.9 Å². The first-order valence-corrected chi connectivity index (χ1v) is 15.4. The van der Waals surface area contributed by atoms with Crippen molar-refractivity contribution in [1.29, 1.82) is 0 Å². The maximum absolute atomic E-state index is 12.4. The maximum atomic E-state index is 12.4. The third kappa shape index (κ3) is 23.4. The molecule has 0 aliphatic rings. The summed E-state index contributed by atoms with van der Waals surface area (Å²) >= 11 is 0. The second kappa shape index (κ2) is 26.1. The van der Waals surface area contributed by atoms with Crippen molar-refractivity contribution in [3.05, 3.63) is 0 Å². The van der Waals surface area contributed by atoms with E-state index in [9.17, 15) is 19.2 Å². The summed E-state index contributed by atoms with van der Waals surface area (Å²) in [6, 6.07) is -1.39. The highest BCUT2D eigenvalue weighted by Crippen LogP contribution is 2.17. The molecule has 0 radical (unpaired) electrons. The second-order valence-corrected chi connectivity index (χ2v) is 10.6. The predicted molar refractivity (Wildman–Crippen MR) is 153 cm³/mol. The normalized spacial score (nSPS) is 12.5. The van der Waals surface area contributed by atoms with Crippen LogP contribution in [0.4, 0.5) is 0 Å². The minimum atomic E-state index is -1.39. The zero-order valence-corrected chi connectivity index (χ0v) is 24.6. The summed E-state index contributed by atoms with van der Waals surface area (Å²) in [6.45, 7) is 3.31. The Balaban J connectivity index is 3.96. The second-order valence-electron chi connectivity index (χ2n) is 10.6. The van der Waals surface area contributed by atoms with Crippen LogP contribution < -0.4 is 10.6 Å². The van der Waals surface area contributed by atoms with E-state index in [1.165, 1.54) is 57.8 Å². The standard InChI is InChI=1S/C30H56N2O7/c1-3-5-7-8-9-10-11-12-13-14-18-22-29(36)39-25(19-6-4-2)20-16-15-17-21-27(34)31-23-28(35)32-26(24-33)30(37)38/h25-26,33H,3-24H2,1-2H3,(H,31,34)(H,32,35)(H,37,38). The lowest BCUT2D eigenvalue weighted by Crippen LogP contribution is -2.47. The molecule has 0 spiro atoms. The monoisotopic (exact) mass is 556 g/mol. The Bertz CT molecular complexity index is 657. The molecular formula is C30H56N2O7. The minimum absolute atomic E-state index is 0.0728. The van der Waals surface area contributed by atoms with Gasteiger partial charge in [-0.1, -0.05) is 97.3 Å². The highest BCUT2D eigenvalue weighted by Gasteiger charge is 2.19. The van der Waals surface area contributed by atoms with Crippen LogP contribution in [-0.4, -0.2) is 59.3 Å². The molecule has 228 valence electrons. The molecule has 0 aliphatic heterocycles. The number of aliphatic carboxylic acids is 1. The smallest absolute Gasteiger partial charge is 0.328 e. The number of carboxylic acid groups (broad SMARTS) is 1. The topological polar surface area (TPSA) is 142 Å². The van der Waals surface area contributed by atoms with Gasteiger partial charge in [-0.2, -0.15) is 0 Å². The van der Waals surface area contributed by atoms with Crippen molar-refractivity contribution < 1.29 is 34.1 Å². The van der Waals surface area contributed by atoms with Crippen LogP contribution in [0.15, 0.2) is 0 Å². The van der Waals surface area contributed by atoms with Crippen molar-refractivity contribution in [3.63, 3.8) is 0 Å². The van der Waals surface area contributed by atoms with Gasteiger partial charge in [0, 0.05) is 12.8 Å². The minimum Gasteiger partial charge on any atom is -0.480 e. The van der Waals surface area contributed by atoms with E-state index >= 15 is 0 Å². The van der Waals surface area contributed by atoms with Crippen LogP contribution in [0.1, 0.15) is 142 Å². The molecule has 4 N–H and O–H groups in total. The molecule has 0 saturated heterocycles. The van der Waals surface area contributed by atoms with Crippen LogP contribution in [0.2, 0.25) is 0 Å². The molecule has 0 rings (SSSR count). The molecule has 0 aromatic heterocycles. The number of hydrogen-bond donors (Lipinski definition) is 4. The summed E-state index contributed by atoms with van der Waals surface area (Å²) < 4.78 is 5.77. The lowest BCUT2D eigenvalue weighted by molar-refractivity contribution is -0.150. The summed E-state index contributed by atoms with van der Waals surface area (Å²) in [5.41, 5.74) is 0. The summed E-state index contributed by atoms with van der Waals surface area (Å²) in [7, 11) is 0. The molecule has 9 nitrogen and oxygen atoms in total. The number of carboxylic acids is 1. The molecule has 0 aromatic carbocycles. The van der Waals surface area contributed by atoms with Crippen molar-refractivity contribution in [2.24, 2.45) is 0 Å². The number of carbonyl (C=O) groups excluding carboxylic acids is 3. The fourth-order valence-electron chi connectivity index (χ4n) is 4.40. The van der Waals surface area contributed by atoms with E-state index in [0.29, 0.717) is 12.8 Å². The van der Waals surface area contributed by atoms with E-state index < -0.39 is 24.5 Å². The average molecular weight is 557 g/mol. The first-order valence-electron chi connectivity index (χ1n) is 15.4. The van der Waals surface area contributed by atoms with Crippen molar-refractivity contribution in [2.75, 3.05) is 13.2 Å². The summed E-state index contributed by atoms with van der Waals surface area (Å²) in [6.07, 6.45) is 20.4. The van der Waals surface area contributed by atoms with Crippen molar-refractivity contribution >= 4 is 23.8 Å². The highest BCUT2D eigenvalue weighted by molar-refractivity contribution is 5.87. The Morgan fingerprint density at radius 2 is 1.18 bits per heavy atom. The highest BCUT2D eigenvalue weighted by atomic mass is 16.5. The Hall–Kier alpha value is -2.16. The van der Waals surface area contributed by atoms with Crippen molar-refractivity contribution in [3.8, 4) is 0 Å². The fourth-order valence-corrected chi connectivity index (χ4v) is 4.40. The number of aliphatic hydroxyl groups is 1. The quantitative estimate of drug-likeness (QED) is 0.0782. The molecule has 9 heteroatoms. The SMILES string of the molecule is CCCCCCCCCCCCCC(=O)OC(CCCC)CCCCCC(=O)NCC(=O)NC(CO)C(=O)O. The molecule has 0 aliphatic carbocycles. The van der Waals surface area contributed by atoms with E-state index in [0.717, 1.165) is 51.4 Å². The molecule has 0 fully saturated rings. The molecule has 2 unspecified atom stereocenters. The first-order chi connectivity index (χ1) is 18.8. The van der Waals surface area contributed by atoms with Gasteiger partial charge in [0.25, 0.3) is 0 Å². The Morgan fingerprint density at radius 1 is 0.667 bits per heavy atom. The number of aliphatic hydroxyl groups excluding tert-OH is 1. The largest absolute Gasteiger partial charge is 0.480 e. The number of amides is 2. The van der Waals surface area contributed by atoms with Gasteiger partial charge in [0.15, 0.2) is 0 Å². The van der Waals surface area contributed by atoms with Gasteiger partial charge in [0.2, 0.25) is 11.8 Å². The van der Waals surface area contributed by atoms with Crippen molar-refractivity contribution in [2.45, 2.75) is 154 Å². The van der Waals surface area contributed by atoms with Gasteiger partial charge >= 0.3 is 11.9 Å². The first kappa shape index (κ1) is 36.8. The summed E-state index contributed by atoms with van der Waals surface area (Å²) in [5, 5.41) is 22.3. The van der Waals surface area contributed by atoms with Crippen LogP contribution >= 0.6 is 0 Å². The van der Waals surface area contributed by atoms with Crippen LogP contribution in [0.25, 0.3) is 0 Å². The molecular weight excluding hydrogens is 500 g/mol. The molecule has 0 heterocycles. The van der Waals surface area contributed by atoms with Crippen LogP contribution in [-0.2, 0) is 23.9 Å². The summed E-state index contributed by atoms with van der Waals surface area (Å²) in [4.78, 5) is 46.8. The number of ether oxygens (including phenoxy) is 1. The van der Waals surface area contributed by atoms with Crippen LogP contribution in [0.5, 0.6) is 0 Å². The van der Waals surface area contributed by atoms with Gasteiger partial charge < -0.3 is 25.6 Å². The molecule has 2 amide bonds. The van der Waals surface area contributed by atoms with Gasteiger partial charge in [0.1, 0.15) is 12.1 Å². The van der Waals surface area contributed by atoms with Gasteiger partial charge in [0.05, 0.1) is 13.2 Å². The third-order valence-electron chi connectivity index (χ3n) is 6.85. The zero-order chi connectivity index (χ0) is 29.1. The molecule has 0 bridgehead atoms. The summed E-state index contributed by atoms with van der Waals surface area (Å²) in [5.74, 6) is -2.40. The molecule has 2 atom stereocenters. The molecule has 0 saturated carbocycles. The van der Waals surface area contributed by atoms with Crippen molar-refractivity contribution in [1.82, 2.24) is 10.6 Å². The van der Waals surface area contributed by atoms with Gasteiger partial charge in [-0.3, -0.25) is 14.4 Å². The van der Waals surface area contributed by atoms with Gasteiger partial charge in [-0.15, -0.1) is 0 Å². The number of esters is 1. The number of hydrogen-bond acceptors (Lipinski definition) is 6. The number of rotatable bonds is 27. The van der Waals surface area contributed by atoms with E-state index in [1.807, 2.05) is 0 Å². The number of carbonyl (C=O) groups is 4. The Labute approximate surface area is 236 Å². The molecule has 0 aromatic rings. The average Bonchev–Trinajstić information content (AvgIpc) is 2.91. The predicted octanol–water partition coefficient (Wildman–Crippen LogP) is 5.42. The van der Waals surface area contributed by atoms with Gasteiger partial charge in [-0.25, -0.2) is 4.79 Å². The van der Waals surface area contributed by atoms with Gasteiger partial charge in [-0.05, 0) is 32.1 Å². The third-order valence-corrected chi connectivity index (χ3v) is 6.85. The lowest BCUT2D eigenvalue weighted by atomic mass is 10.0. The zero-order valence-electron chi connectivity index (χ0n) is 24.6. The molecule has 39 heavy (non-hydrogen) atoms. The Morgan fingerprint density at radius 3 is 1.74 bits per heavy atom. The number of unbranched alkanes of at least 4 members (excludes halogenated alkanes) is 13. The Kier molecular flexibility index (Phi) is 24.6.